The molecule has 0 amide bonds. The van der Waals surface area contributed by atoms with E-state index >= 15 is 0 Å². The zero-order valence-corrected chi connectivity index (χ0v) is 16.1. The average Bonchev–Trinajstić information content (AvgIpc) is 3.16. The molecule has 0 saturated heterocycles. The quantitative estimate of drug-likeness (QED) is 0.699. The fourth-order valence-electron chi connectivity index (χ4n) is 4.20. The standard InChI is InChI=1S/C22H19ClN4O/c1-13-2-4-15(5-3-13)21-20-18(26-22-24-12-25-27(21)22)10-16(11-19(20)28)14-6-8-17(23)9-7-14/h2-10,12,16,20-21H,11H2,1H3,(H,24,25,26)/t16-,20-,21-/m1/s1. The van der Waals surface area contributed by atoms with Gasteiger partial charge >= 0.3 is 0 Å². The highest BCUT2D eigenvalue weighted by atomic mass is 35.5. The number of hydrogen-bond acceptors (Lipinski definition) is 4. The number of ketones is 1. The number of nitrogens with zero attached hydrogens (tertiary/aromatic N) is 3. The summed E-state index contributed by atoms with van der Waals surface area (Å²) in [5.74, 6) is 0.603. The van der Waals surface area contributed by atoms with E-state index in [0.29, 0.717) is 17.4 Å². The van der Waals surface area contributed by atoms with Crippen molar-refractivity contribution in [3.63, 3.8) is 0 Å². The Bertz CT molecular complexity index is 1070. The molecule has 1 N–H and O–H groups in total. The second-order valence-corrected chi connectivity index (χ2v) is 7.87. The van der Waals surface area contributed by atoms with E-state index < -0.39 is 0 Å². The third-order valence-corrected chi connectivity index (χ3v) is 5.86. The monoisotopic (exact) mass is 390 g/mol. The Kier molecular flexibility index (Phi) is 4.05. The van der Waals surface area contributed by atoms with Gasteiger partial charge in [-0.25, -0.2) is 4.68 Å². The van der Waals surface area contributed by atoms with Crippen LogP contribution >= 0.6 is 11.6 Å². The van der Waals surface area contributed by atoms with Crippen LogP contribution in [0.1, 0.15) is 35.1 Å². The van der Waals surface area contributed by atoms with E-state index in [0.717, 1.165) is 16.8 Å². The molecule has 1 aliphatic heterocycles. The summed E-state index contributed by atoms with van der Waals surface area (Å²) in [7, 11) is 0. The van der Waals surface area contributed by atoms with Crippen molar-refractivity contribution in [2.45, 2.75) is 25.3 Å². The lowest BCUT2D eigenvalue weighted by atomic mass is 9.75. The number of rotatable bonds is 2. The predicted molar refractivity (Wildman–Crippen MR) is 108 cm³/mol. The number of hydrogen-bond donors (Lipinski definition) is 1. The Morgan fingerprint density at radius 1 is 1.07 bits per heavy atom. The zero-order chi connectivity index (χ0) is 19.3. The number of halogens is 1. The van der Waals surface area contributed by atoms with Gasteiger partial charge in [0.05, 0.1) is 12.0 Å². The largest absolute Gasteiger partial charge is 0.328 e. The molecule has 1 aromatic heterocycles. The summed E-state index contributed by atoms with van der Waals surface area (Å²) >= 11 is 6.02. The molecule has 5 nitrogen and oxygen atoms in total. The van der Waals surface area contributed by atoms with Gasteiger partial charge in [0.25, 0.3) is 0 Å². The molecule has 6 heteroatoms. The summed E-state index contributed by atoms with van der Waals surface area (Å²) in [5, 5.41) is 8.43. The minimum atomic E-state index is -0.291. The number of fused-ring (bicyclic) bond motifs is 2. The normalized spacial score (nSPS) is 23.4. The molecular weight excluding hydrogens is 372 g/mol. The first-order chi connectivity index (χ1) is 13.6. The lowest BCUT2D eigenvalue weighted by Crippen LogP contribution is -2.40. The fraction of sp³-hybridized carbons (Fsp3) is 0.227. The van der Waals surface area contributed by atoms with Gasteiger partial charge in [-0.3, -0.25) is 4.79 Å². The van der Waals surface area contributed by atoms with E-state index in [-0.39, 0.29) is 23.7 Å². The molecule has 3 atom stereocenters. The van der Waals surface area contributed by atoms with Gasteiger partial charge in [-0.05, 0) is 30.2 Å². The van der Waals surface area contributed by atoms with Crippen molar-refractivity contribution in [1.82, 2.24) is 14.8 Å². The Labute approximate surface area is 168 Å². The Balaban J connectivity index is 1.60. The van der Waals surface area contributed by atoms with Crippen molar-refractivity contribution < 1.29 is 4.79 Å². The van der Waals surface area contributed by atoms with Gasteiger partial charge in [0, 0.05) is 23.1 Å². The van der Waals surface area contributed by atoms with Crippen molar-refractivity contribution in [3.05, 3.63) is 88.3 Å². The van der Waals surface area contributed by atoms with Crippen LogP contribution in [-0.2, 0) is 4.79 Å². The molecule has 5 rings (SSSR count). The summed E-state index contributed by atoms with van der Waals surface area (Å²) in [6.07, 6.45) is 4.15. The molecule has 2 aromatic carbocycles. The number of benzene rings is 2. The van der Waals surface area contributed by atoms with E-state index in [2.05, 4.69) is 52.7 Å². The molecule has 0 spiro atoms. The minimum absolute atomic E-state index is 0.0247. The predicted octanol–water partition coefficient (Wildman–Crippen LogP) is 4.51. The van der Waals surface area contributed by atoms with Gasteiger partial charge in [0.1, 0.15) is 12.1 Å². The van der Waals surface area contributed by atoms with E-state index in [1.165, 1.54) is 11.9 Å². The SMILES string of the molecule is Cc1ccc([C@@H]2[C@H]3C(=O)C[C@H](c4ccc(Cl)cc4)C=C3Nc3ncnn32)cc1. The fourth-order valence-corrected chi connectivity index (χ4v) is 4.32. The van der Waals surface area contributed by atoms with E-state index in [4.69, 9.17) is 11.6 Å². The van der Waals surface area contributed by atoms with Crippen LogP contribution in [0.4, 0.5) is 5.95 Å². The van der Waals surface area contributed by atoms with Gasteiger partial charge in [-0.2, -0.15) is 10.1 Å². The summed E-state index contributed by atoms with van der Waals surface area (Å²) in [4.78, 5) is 17.6. The second kappa shape index (κ2) is 6.60. The molecule has 3 aromatic rings. The number of allylic oxidation sites excluding steroid dienone is 2. The van der Waals surface area contributed by atoms with Crippen LogP contribution < -0.4 is 5.32 Å². The summed E-state index contributed by atoms with van der Waals surface area (Å²) in [6.45, 7) is 2.06. The maximum absolute atomic E-state index is 13.3. The van der Waals surface area contributed by atoms with Crippen LogP contribution in [0.3, 0.4) is 0 Å². The third kappa shape index (κ3) is 2.83. The maximum atomic E-state index is 13.3. The Morgan fingerprint density at radius 2 is 1.79 bits per heavy atom. The van der Waals surface area contributed by atoms with Crippen LogP contribution in [0.25, 0.3) is 0 Å². The first-order valence-corrected chi connectivity index (χ1v) is 9.71. The van der Waals surface area contributed by atoms with Gasteiger partial charge in [-0.1, -0.05) is 59.6 Å². The molecule has 2 aliphatic rings. The van der Waals surface area contributed by atoms with Gasteiger partial charge in [-0.15, -0.1) is 0 Å². The molecule has 0 saturated carbocycles. The van der Waals surface area contributed by atoms with E-state index in [9.17, 15) is 4.79 Å². The van der Waals surface area contributed by atoms with E-state index in [1.807, 2.05) is 28.9 Å². The second-order valence-electron chi connectivity index (χ2n) is 7.44. The number of carbonyl (C=O) groups is 1. The zero-order valence-electron chi connectivity index (χ0n) is 15.3. The molecule has 28 heavy (non-hydrogen) atoms. The Hall–Kier alpha value is -2.92. The highest BCUT2D eigenvalue weighted by Gasteiger charge is 2.43. The van der Waals surface area contributed by atoms with Gasteiger partial charge in [0.15, 0.2) is 0 Å². The number of aryl methyl sites for hydroxylation is 1. The highest BCUT2D eigenvalue weighted by molar-refractivity contribution is 6.30. The van der Waals surface area contributed by atoms with Crippen LogP contribution in [0, 0.1) is 12.8 Å². The maximum Gasteiger partial charge on any atom is 0.226 e. The van der Waals surface area contributed by atoms with E-state index in [1.54, 1.807) is 0 Å². The van der Waals surface area contributed by atoms with Crippen LogP contribution in [0.15, 0.2) is 66.6 Å². The first-order valence-electron chi connectivity index (χ1n) is 9.33. The Morgan fingerprint density at radius 3 is 2.54 bits per heavy atom. The van der Waals surface area contributed by atoms with Crippen molar-refractivity contribution in [3.8, 4) is 0 Å². The summed E-state index contributed by atoms with van der Waals surface area (Å²) in [6, 6.07) is 15.8. The summed E-state index contributed by atoms with van der Waals surface area (Å²) in [5.41, 5.74) is 4.24. The number of carbonyl (C=O) groups excluding carboxylic acids is 1. The number of Topliss-reactive ketones (excluding diaryl/α,β-unsaturated/α-hetero) is 1. The molecule has 0 unspecified atom stereocenters. The first kappa shape index (κ1) is 17.2. The van der Waals surface area contributed by atoms with Crippen LogP contribution in [0.5, 0.6) is 0 Å². The van der Waals surface area contributed by atoms with Crippen molar-refractivity contribution in [2.24, 2.45) is 5.92 Å². The molecular formula is C22H19ClN4O. The van der Waals surface area contributed by atoms with Gasteiger partial charge < -0.3 is 5.32 Å². The number of aromatic nitrogens is 3. The van der Waals surface area contributed by atoms with Crippen molar-refractivity contribution in [2.75, 3.05) is 5.32 Å². The molecule has 0 radical (unpaired) electrons. The molecule has 0 bridgehead atoms. The topological polar surface area (TPSA) is 59.8 Å². The van der Waals surface area contributed by atoms with Crippen molar-refractivity contribution >= 4 is 23.3 Å². The minimum Gasteiger partial charge on any atom is -0.328 e. The lowest BCUT2D eigenvalue weighted by molar-refractivity contribution is -0.123. The molecule has 1 aliphatic carbocycles. The lowest BCUT2D eigenvalue weighted by Gasteiger charge is -2.38. The molecule has 2 heterocycles. The number of nitrogens with one attached hydrogen (secondary N) is 1. The number of anilines is 1. The molecule has 0 fully saturated rings. The summed E-state index contributed by atoms with van der Waals surface area (Å²) < 4.78 is 1.83. The van der Waals surface area contributed by atoms with Gasteiger partial charge in [0.2, 0.25) is 5.95 Å². The molecule has 140 valence electrons. The van der Waals surface area contributed by atoms with Crippen molar-refractivity contribution in [1.29, 1.82) is 0 Å². The smallest absolute Gasteiger partial charge is 0.226 e. The van der Waals surface area contributed by atoms with Crippen LogP contribution in [0.2, 0.25) is 5.02 Å². The van der Waals surface area contributed by atoms with Crippen LogP contribution in [-0.4, -0.2) is 20.5 Å². The highest BCUT2D eigenvalue weighted by Crippen LogP contribution is 2.44. The average molecular weight is 391 g/mol. The third-order valence-electron chi connectivity index (χ3n) is 5.61.